The molecule has 18 heavy (non-hydrogen) atoms. The van der Waals surface area contributed by atoms with Gasteiger partial charge in [-0.05, 0) is 30.7 Å². The molecule has 0 bridgehead atoms. The lowest BCUT2D eigenvalue weighted by Crippen LogP contribution is -2.01. The van der Waals surface area contributed by atoms with Gasteiger partial charge in [-0.1, -0.05) is 18.7 Å². The van der Waals surface area contributed by atoms with Crippen LogP contribution in [0.1, 0.15) is 12.5 Å². The average Bonchev–Trinajstić information content (AvgIpc) is 2.41. The van der Waals surface area contributed by atoms with E-state index in [1.54, 1.807) is 12.1 Å². The Labute approximate surface area is 110 Å². The molecule has 0 saturated carbocycles. The van der Waals surface area contributed by atoms with Crippen LogP contribution in [0.2, 0.25) is 0 Å². The first kappa shape index (κ1) is 12.8. The molecule has 0 aliphatic carbocycles. The van der Waals surface area contributed by atoms with Crippen molar-refractivity contribution >= 4 is 17.6 Å². The Morgan fingerprint density at radius 3 is 2.56 bits per heavy atom. The van der Waals surface area contributed by atoms with Crippen molar-refractivity contribution in [2.45, 2.75) is 23.3 Å². The molecule has 0 unspecified atom stereocenters. The zero-order valence-electron chi connectivity index (χ0n) is 10.3. The molecule has 0 aliphatic rings. The molecule has 0 radical (unpaired) electrons. The van der Waals surface area contributed by atoms with E-state index in [1.165, 1.54) is 30.2 Å². The standard InChI is InChI=1S/C13H14FN3S/c1-3-11-12(15-2)16-8-17-13(11)18-10-6-4-9(14)5-7-10/h4-8H,3H2,1-2H3,(H,15,16,17). The molecular weight excluding hydrogens is 249 g/mol. The molecule has 0 saturated heterocycles. The second kappa shape index (κ2) is 5.82. The van der Waals surface area contributed by atoms with Crippen molar-refractivity contribution in [3.63, 3.8) is 0 Å². The molecule has 94 valence electrons. The number of nitrogens with zero attached hydrogens (tertiary/aromatic N) is 2. The van der Waals surface area contributed by atoms with Gasteiger partial charge in [0.25, 0.3) is 0 Å². The van der Waals surface area contributed by atoms with Gasteiger partial charge in [-0.2, -0.15) is 0 Å². The molecule has 0 spiro atoms. The molecule has 1 heterocycles. The van der Waals surface area contributed by atoms with Crippen LogP contribution in [0.15, 0.2) is 40.5 Å². The van der Waals surface area contributed by atoms with Gasteiger partial charge in [0.1, 0.15) is 23.0 Å². The van der Waals surface area contributed by atoms with Gasteiger partial charge in [-0.3, -0.25) is 0 Å². The lowest BCUT2D eigenvalue weighted by Gasteiger charge is -2.10. The molecule has 5 heteroatoms. The van der Waals surface area contributed by atoms with Crippen LogP contribution in [-0.4, -0.2) is 17.0 Å². The van der Waals surface area contributed by atoms with Gasteiger partial charge < -0.3 is 5.32 Å². The van der Waals surface area contributed by atoms with Crippen LogP contribution in [-0.2, 0) is 6.42 Å². The maximum absolute atomic E-state index is 12.8. The smallest absolute Gasteiger partial charge is 0.133 e. The summed E-state index contributed by atoms with van der Waals surface area (Å²) in [7, 11) is 1.84. The van der Waals surface area contributed by atoms with Crippen molar-refractivity contribution in [1.82, 2.24) is 9.97 Å². The van der Waals surface area contributed by atoms with E-state index in [-0.39, 0.29) is 5.82 Å². The van der Waals surface area contributed by atoms with Crippen molar-refractivity contribution in [3.8, 4) is 0 Å². The molecule has 0 aliphatic heterocycles. The quantitative estimate of drug-likeness (QED) is 0.858. The van der Waals surface area contributed by atoms with E-state index in [0.29, 0.717) is 0 Å². The van der Waals surface area contributed by atoms with E-state index >= 15 is 0 Å². The van der Waals surface area contributed by atoms with E-state index in [1.807, 2.05) is 7.05 Å². The second-order valence-corrected chi connectivity index (χ2v) is 4.73. The molecule has 3 nitrogen and oxygen atoms in total. The van der Waals surface area contributed by atoms with E-state index in [4.69, 9.17) is 0 Å². The summed E-state index contributed by atoms with van der Waals surface area (Å²) in [6.45, 7) is 2.06. The van der Waals surface area contributed by atoms with Gasteiger partial charge in [0, 0.05) is 17.5 Å². The number of nitrogens with one attached hydrogen (secondary N) is 1. The highest BCUT2D eigenvalue weighted by atomic mass is 32.2. The van der Waals surface area contributed by atoms with Crippen molar-refractivity contribution < 1.29 is 4.39 Å². The Morgan fingerprint density at radius 1 is 1.22 bits per heavy atom. The number of benzene rings is 1. The molecule has 2 aromatic rings. The third-order valence-electron chi connectivity index (χ3n) is 2.52. The van der Waals surface area contributed by atoms with Crippen LogP contribution in [0.3, 0.4) is 0 Å². The minimum atomic E-state index is -0.228. The van der Waals surface area contributed by atoms with Crippen molar-refractivity contribution in [1.29, 1.82) is 0 Å². The van der Waals surface area contributed by atoms with Crippen LogP contribution in [0.4, 0.5) is 10.2 Å². The Bertz CT molecular complexity index is 528. The third kappa shape index (κ3) is 2.79. The van der Waals surface area contributed by atoms with Crippen LogP contribution in [0.25, 0.3) is 0 Å². The number of hydrogen-bond acceptors (Lipinski definition) is 4. The van der Waals surface area contributed by atoms with Crippen LogP contribution in [0.5, 0.6) is 0 Å². The predicted molar refractivity (Wildman–Crippen MR) is 71.5 cm³/mol. The summed E-state index contributed by atoms with van der Waals surface area (Å²) in [5, 5.41) is 3.96. The topological polar surface area (TPSA) is 37.8 Å². The summed E-state index contributed by atoms with van der Waals surface area (Å²) >= 11 is 1.52. The fourth-order valence-electron chi connectivity index (χ4n) is 1.63. The fraction of sp³-hybridized carbons (Fsp3) is 0.231. The Kier molecular flexibility index (Phi) is 4.15. The SMILES string of the molecule is CCc1c(NC)ncnc1Sc1ccc(F)cc1. The average molecular weight is 263 g/mol. The van der Waals surface area contributed by atoms with Gasteiger partial charge in [0.2, 0.25) is 0 Å². The molecule has 1 N–H and O–H groups in total. The van der Waals surface area contributed by atoms with Gasteiger partial charge in [-0.25, -0.2) is 14.4 Å². The molecule has 2 rings (SSSR count). The monoisotopic (exact) mass is 263 g/mol. The first-order chi connectivity index (χ1) is 8.74. The van der Waals surface area contributed by atoms with E-state index in [0.717, 1.165) is 27.7 Å². The van der Waals surface area contributed by atoms with Gasteiger partial charge in [0.05, 0.1) is 0 Å². The zero-order chi connectivity index (χ0) is 13.0. The molecule has 1 aromatic carbocycles. The summed E-state index contributed by atoms with van der Waals surface area (Å²) in [5.41, 5.74) is 1.08. The highest BCUT2D eigenvalue weighted by Crippen LogP contribution is 2.31. The highest BCUT2D eigenvalue weighted by Gasteiger charge is 2.10. The largest absolute Gasteiger partial charge is 0.373 e. The van der Waals surface area contributed by atoms with Crippen LogP contribution in [0, 0.1) is 5.82 Å². The van der Waals surface area contributed by atoms with Crippen LogP contribution < -0.4 is 5.32 Å². The minimum absolute atomic E-state index is 0.228. The predicted octanol–water partition coefficient (Wildman–Crippen LogP) is 3.37. The first-order valence-corrected chi connectivity index (χ1v) is 6.51. The number of halogens is 1. The normalized spacial score (nSPS) is 10.4. The van der Waals surface area contributed by atoms with Gasteiger partial charge in [-0.15, -0.1) is 0 Å². The summed E-state index contributed by atoms with van der Waals surface area (Å²) in [6, 6.07) is 6.41. The van der Waals surface area contributed by atoms with Crippen molar-refractivity contribution in [3.05, 3.63) is 42.0 Å². The molecular formula is C13H14FN3S. The Morgan fingerprint density at radius 2 is 1.94 bits per heavy atom. The Balaban J connectivity index is 2.31. The molecule has 0 fully saturated rings. The number of aromatic nitrogens is 2. The number of rotatable bonds is 4. The maximum Gasteiger partial charge on any atom is 0.133 e. The lowest BCUT2D eigenvalue weighted by molar-refractivity contribution is 0.626. The highest BCUT2D eigenvalue weighted by molar-refractivity contribution is 7.99. The van der Waals surface area contributed by atoms with E-state index in [9.17, 15) is 4.39 Å². The van der Waals surface area contributed by atoms with Crippen molar-refractivity contribution in [2.24, 2.45) is 0 Å². The Hall–Kier alpha value is -1.62. The first-order valence-electron chi connectivity index (χ1n) is 5.69. The number of hydrogen-bond donors (Lipinski definition) is 1. The molecule has 0 amide bonds. The van der Waals surface area contributed by atoms with Crippen LogP contribution >= 0.6 is 11.8 Å². The third-order valence-corrected chi connectivity index (χ3v) is 3.58. The van der Waals surface area contributed by atoms with Gasteiger partial charge >= 0.3 is 0 Å². The number of anilines is 1. The fourth-order valence-corrected chi connectivity index (χ4v) is 2.59. The van der Waals surface area contributed by atoms with Gasteiger partial charge in [0.15, 0.2) is 0 Å². The maximum atomic E-state index is 12.8. The molecule has 1 aromatic heterocycles. The minimum Gasteiger partial charge on any atom is -0.373 e. The zero-order valence-corrected chi connectivity index (χ0v) is 11.1. The summed E-state index contributed by atoms with van der Waals surface area (Å²) < 4.78 is 12.8. The second-order valence-electron chi connectivity index (χ2n) is 3.67. The summed E-state index contributed by atoms with van der Waals surface area (Å²) in [4.78, 5) is 9.45. The van der Waals surface area contributed by atoms with E-state index in [2.05, 4.69) is 22.2 Å². The van der Waals surface area contributed by atoms with E-state index < -0.39 is 0 Å². The van der Waals surface area contributed by atoms with Crippen molar-refractivity contribution in [2.75, 3.05) is 12.4 Å². The summed E-state index contributed by atoms with van der Waals surface area (Å²) in [6.07, 6.45) is 2.39. The lowest BCUT2D eigenvalue weighted by atomic mass is 10.2. The molecule has 0 atom stereocenters. The summed E-state index contributed by atoms with van der Waals surface area (Å²) in [5.74, 6) is 0.616.